The van der Waals surface area contributed by atoms with E-state index in [0.29, 0.717) is 63.9 Å². The Kier molecular flexibility index (Phi) is 28.3. The van der Waals surface area contributed by atoms with Crippen LogP contribution >= 0.6 is 0 Å². The Balaban J connectivity index is 0.854. The third-order valence-electron chi connectivity index (χ3n) is 18.6. The minimum Gasteiger partial charge on any atom is -0.462 e. The molecule has 4 aliphatic carbocycles. The van der Waals surface area contributed by atoms with Gasteiger partial charge in [-0.05, 0) is 163 Å². The van der Waals surface area contributed by atoms with Crippen molar-refractivity contribution in [2.75, 3.05) is 59.3 Å². The summed E-state index contributed by atoms with van der Waals surface area (Å²) in [5.74, 6) is 5.01. The molecule has 404 valence electrons. The van der Waals surface area contributed by atoms with Gasteiger partial charge in [0, 0.05) is 38.6 Å². The second-order valence-corrected chi connectivity index (χ2v) is 24.3. The molecule has 0 aromatic carbocycles. The van der Waals surface area contributed by atoms with Crippen molar-refractivity contribution in [1.29, 1.82) is 0 Å². The third kappa shape index (κ3) is 20.0. The number of carbonyl (C=O) groups excluding carboxylic acids is 1. The maximum absolute atomic E-state index is 13.0. The molecule has 7 heteroatoms. The van der Waals surface area contributed by atoms with Gasteiger partial charge in [-0.1, -0.05) is 148 Å². The zero-order valence-electron chi connectivity index (χ0n) is 46.8. The quantitative estimate of drug-likeness (QED) is 0.0347. The molecule has 0 aromatic heterocycles. The number of likely N-dealkylation sites (tertiary alicyclic amines) is 1. The highest BCUT2D eigenvalue weighted by Gasteiger charge is 2.59. The Bertz CT molecular complexity index is 1490. The second-order valence-electron chi connectivity index (χ2n) is 24.3. The molecular formula is C63H111NO6. The molecule has 4 fully saturated rings. The molecule has 1 heterocycles. The van der Waals surface area contributed by atoms with E-state index in [9.17, 15) is 4.79 Å². The lowest BCUT2D eigenvalue weighted by Gasteiger charge is -2.58. The number of carbonyl (C=O) groups is 1. The van der Waals surface area contributed by atoms with Crippen molar-refractivity contribution in [3.05, 3.63) is 36.0 Å². The molecule has 0 aromatic rings. The second kappa shape index (κ2) is 33.4. The molecule has 7 nitrogen and oxygen atoms in total. The van der Waals surface area contributed by atoms with Crippen molar-refractivity contribution in [1.82, 2.24) is 4.90 Å². The van der Waals surface area contributed by atoms with Gasteiger partial charge in [-0.3, -0.25) is 9.69 Å². The van der Waals surface area contributed by atoms with E-state index in [4.69, 9.17) is 23.7 Å². The van der Waals surface area contributed by atoms with E-state index in [0.717, 1.165) is 87.3 Å². The van der Waals surface area contributed by atoms with Crippen molar-refractivity contribution in [3.8, 4) is 0 Å². The average Bonchev–Trinajstić information content (AvgIpc) is 3.92. The van der Waals surface area contributed by atoms with Crippen LogP contribution in [-0.2, 0) is 28.5 Å². The standard InChI is InChI=1S/C63H111NO6/c1-8-9-10-11-12-13-14-15-16-17-18-19-20-21-22-23-24-25-42-68-50-56(49-64-41-27-31-53(64)5)69-47-46-67-45-44-66-43-28-32-61(65)70-55-37-39-62(6)54(48-55)33-34-57-59-36-35-58(52(4)30-26-29-51(2)3)63(59,7)40-38-60(57)62/h12-13,15-16,33,51-53,55-60H,8-11,14,17-32,34-50H2,1-7H3/b13-12-,16-15-/t52-,53?,55+,56?,57+,58-,59+,60+,62+,63-/m1/s1. The number of allylic oxidation sites excluding steroid dienone is 5. The summed E-state index contributed by atoms with van der Waals surface area (Å²) in [4.78, 5) is 15.5. The summed E-state index contributed by atoms with van der Waals surface area (Å²) < 4.78 is 30.4. The average molecular weight is 979 g/mol. The lowest BCUT2D eigenvalue weighted by Crippen LogP contribution is -2.51. The first-order valence-electron chi connectivity index (χ1n) is 30.3. The summed E-state index contributed by atoms with van der Waals surface area (Å²) in [6.45, 7) is 23.5. The number of rotatable bonds is 38. The van der Waals surface area contributed by atoms with Crippen LogP contribution < -0.4 is 0 Å². The SMILES string of the molecule is CCCCC/C=C\C/C=C\CCCCCCCCCCOCC(CN1CCCC1C)OCCOCCOCCCC(=O)O[C@H]1CC[C@@]2(C)C(=CC[C@H]3[C@@H]4CC[C@H]([C@H](C)CCCC(C)C)[C@@]4(C)CC[C@@H]32)C1. The molecule has 3 saturated carbocycles. The summed E-state index contributed by atoms with van der Waals surface area (Å²) in [6, 6.07) is 0.614. The molecule has 5 aliphatic rings. The largest absolute Gasteiger partial charge is 0.462 e. The van der Waals surface area contributed by atoms with Gasteiger partial charge < -0.3 is 23.7 Å². The number of hydrogen-bond donors (Lipinski definition) is 0. The van der Waals surface area contributed by atoms with Crippen molar-refractivity contribution in [3.63, 3.8) is 0 Å². The van der Waals surface area contributed by atoms with E-state index in [-0.39, 0.29) is 23.6 Å². The van der Waals surface area contributed by atoms with Crippen molar-refractivity contribution in [2.24, 2.45) is 46.3 Å². The van der Waals surface area contributed by atoms with Gasteiger partial charge >= 0.3 is 5.97 Å². The minimum atomic E-state index is -0.0675. The van der Waals surface area contributed by atoms with Gasteiger partial charge in [0.2, 0.25) is 0 Å². The summed E-state index contributed by atoms with van der Waals surface area (Å²) in [7, 11) is 0. The van der Waals surface area contributed by atoms with E-state index in [1.54, 1.807) is 5.57 Å². The summed E-state index contributed by atoms with van der Waals surface area (Å²) in [6.07, 6.45) is 47.9. The van der Waals surface area contributed by atoms with Crippen molar-refractivity contribution in [2.45, 2.75) is 253 Å². The number of esters is 1. The van der Waals surface area contributed by atoms with Gasteiger partial charge in [-0.15, -0.1) is 0 Å². The van der Waals surface area contributed by atoms with Gasteiger partial charge in [-0.2, -0.15) is 0 Å². The summed E-state index contributed by atoms with van der Waals surface area (Å²) >= 11 is 0. The summed E-state index contributed by atoms with van der Waals surface area (Å²) in [5.41, 5.74) is 2.40. The van der Waals surface area contributed by atoms with E-state index < -0.39 is 0 Å². The molecule has 70 heavy (non-hydrogen) atoms. The van der Waals surface area contributed by atoms with E-state index in [1.165, 1.54) is 141 Å². The Hall–Kier alpha value is -1.51. The molecule has 0 spiro atoms. The lowest BCUT2D eigenvalue weighted by atomic mass is 9.47. The van der Waals surface area contributed by atoms with Crippen LogP contribution in [0.15, 0.2) is 36.0 Å². The fourth-order valence-corrected chi connectivity index (χ4v) is 14.4. The highest BCUT2D eigenvalue weighted by molar-refractivity contribution is 5.69. The molecule has 0 amide bonds. The van der Waals surface area contributed by atoms with E-state index in [1.807, 2.05) is 0 Å². The Morgan fingerprint density at radius 2 is 1.43 bits per heavy atom. The first-order chi connectivity index (χ1) is 34.0. The fourth-order valence-electron chi connectivity index (χ4n) is 14.4. The highest BCUT2D eigenvalue weighted by Crippen LogP contribution is 2.67. The number of ether oxygens (including phenoxy) is 5. The van der Waals surface area contributed by atoms with Crippen molar-refractivity contribution < 1.29 is 28.5 Å². The Labute approximate surface area is 432 Å². The number of unbranched alkanes of at least 4 members (excludes halogenated alkanes) is 11. The number of hydrogen-bond acceptors (Lipinski definition) is 7. The first kappa shape index (κ1) is 59.4. The monoisotopic (exact) mass is 978 g/mol. The lowest BCUT2D eigenvalue weighted by molar-refractivity contribution is -0.152. The third-order valence-corrected chi connectivity index (χ3v) is 18.6. The first-order valence-corrected chi connectivity index (χ1v) is 30.3. The molecule has 0 radical (unpaired) electrons. The molecule has 0 bridgehead atoms. The van der Waals surface area contributed by atoms with Crippen LogP contribution in [0.25, 0.3) is 0 Å². The van der Waals surface area contributed by atoms with Gasteiger partial charge in [-0.25, -0.2) is 0 Å². The predicted octanol–water partition coefficient (Wildman–Crippen LogP) is 16.2. The van der Waals surface area contributed by atoms with Gasteiger partial charge in [0.25, 0.3) is 0 Å². The molecule has 1 aliphatic heterocycles. The molecular weight excluding hydrogens is 867 g/mol. The van der Waals surface area contributed by atoms with Crippen LogP contribution in [0.1, 0.15) is 235 Å². The van der Waals surface area contributed by atoms with E-state index >= 15 is 0 Å². The van der Waals surface area contributed by atoms with Crippen LogP contribution in [0.5, 0.6) is 0 Å². The van der Waals surface area contributed by atoms with Crippen LogP contribution in [0.4, 0.5) is 0 Å². The molecule has 0 N–H and O–H groups in total. The van der Waals surface area contributed by atoms with E-state index in [2.05, 4.69) is 83.7 Å². The minimum absolute atomic E-state index is 0.0251. The molecule has 1 saturated heterocycles. The molecule has 5 rings (SSSR count). The molecule has 2 unspecified atom stereocenters. The Morgan fingerprint density at radius 1 is 0.729 bits per heavy atom. The fraction of sp³-hybridized carbons (Fsp3) is 0.889. The Morgan fingerprint density at radius 3 is 2.16 bits per heavy atom. The van der Waals surface area contributed by atoms with Crippen LogP contribution in [0.2, 0.25) is 0 Å². The number of nitrogens with zero attached hydrogens (tertiary/aromatic N) is 1. The highest BCUT2D eigenvalue weighted by atomic mass is 16.6. The topological polar surface area (TPSA) is 66.5 Å². The number of fused-ring (bicyclic) bond motifs is 5. The van der Waals surface area contributed by atoms with Crippen LogP contribution in [-0.4, -0.2) is 88.5 Å². The normalized spacial score (nSPS) is 28.9. The maximum atomic E-state index is 13.0. The van der Waals surface area contributed by atoms with Gasteiger partial charge in [0.1, 0.15) is 6.10 Å². The van der Waals surface area contributed by atoms with Crippen LogP contribution in [0.3, 0.4) is 0 Å². The summed E-state index contributed by atoms with van der Waals surface area (Å²) in [5, 5.41) is 0. The zero-order chi connectivity index (χ0) is 49.9. The zero-order valence-corrected chi connectivity index (χ0v) is 46.8. The predicted molar refractivity (Wildman–Crippen MR) is 293 cm³/mol. The molecule has 10 atom stereocenters. The maximum Gasteiger partial charge on any atom is 0.306 e. The van der Waals surface area contributed by atoms with Gasteiger partial charge in [0.15, 0.2) is 0 Å². The van der Waals surface area contributed by atoms with Crippen LogP contribution in [0, 0.1) is 46.3 Å². The van der Waals surface area contributed by atoms with Crippen molar-refractivity contribution >= 4 is 5.97 Å². The van der Waals surface area contributed by atoms with Gasteiger partial charge in [0.05, 0.1) is 39.1 Å². The smallest absolute Gasteiger partial charge is 0.306 e.